The summed E-state index contributed by atoms with van der Waals surface area (Å²) in [5.74, 6) is 0.464. The minimum absolute atomic E-state index is 0.0549. The summed E-state index contributed by atoms with van der Waals surface area (Å²) in [6.07, 6.45) is -0.709. The molecule has 0 aliphatic carbocycles. The molecule has 0 radical (unpaired) electrons. The predicted molar refractivity (Wildman–Crippen MR) is 113 cm³/mol. The quantitative estimate of drug-likeness (QED) is 0.630. The van der Waals surface area contributed by atoms with Gasteiger partial charge in [-0.05, 0) is 49.9 Å². The lowest BCUT2D eigenvalue weighted by Crippen LogP contribution is -2.32. The van der Waals surface area contributed by atoms with Crippen molar-refractivity contribution in [3.8, 4) is 0 Å². The van der Waals surface area contributed by atoms with Crippen molar-refractivity contribution in [2.24, 2.45) is 0 Å². The molecule has 0 spiro atoms. The standard InChI is InChI=1S/C22H24F3N5O/c1-13-15(5-3-7-19(13)22(23,24)25)10-27-21-18-9-17(30-8-4-6-16(30)12-31)11-26-20(18)14(2)28-29-21/h3,5,7,9,11,16,31H,4,6,8,10,12H2,1-2H3,(H,27,29). The predicted octanol–water partition coefficient (Wildman–Crippen LogP) is 4.23. The zero-order valence-corrected chi connectivity index (χ0v) is 17.4. The highest BCUT2D eigenvalue weighted by molar-refractivity contribution is 5.92. The molecular formula is C22H24F3N5O. The Hall–Kier alpha value is -2.94. The van der Waals surface area contributed by atoms with Crippen LogP contribution in [0.4, 0.5) is 24.7 Å². The summed E-state index contributed by atoms with van der Waals surface area (Å²) in [4.78, 5) is 6.69. The molecule has 3 aromatic rings. The van der Waals surface area contributed by atoms with Crippen LogP contribution in [0.3, 0.4) is 0 Å². The molecule has 0 saturated carbocycles. The Morgan fingerprint density at radius 3 is 2.77 bits per heavy atom. The van der Waals surface area contributed by atoms with Crippen molar-refractivity contribution in [3.05, 3.63) is 52.8 Å². The molecule has 1 fully saturated rings. The molecule has 1 saturated heterocycles. The van der Waals surface area contributed by atoms with Gasteiger partial charge >= 0.3 is 6.18 Å². The molecule has 0 bridgehead atoms. The van der Waals surface area contributed by atoms with Gasteiger partial charge in [-0.1, -0.05) is 12.1 Å². The Balaban J connectivity index is 1.67. The molecule has 1 unspecified atom stereocenters. The Labute approximate surface area is 178 Å². The summed E-state index contributed by atoms with van der Waals surface area (Å²) in [6.45, 7) is 4.37. The van der Waals surface area contributed by atoms with E-state index >= 15 is 0 Å². The Bertz CT molecular complexity index is 1100. The number of halogens is 3. The van der Waals surface area contributed by atoms with Gasteiger partial charge in [-0.15, -0.1) is 5.10 Å². The van der Waals surface area contributed by atoms with E-state index in [2.05, 4.69) is 25.4 Å². The molecule has 1 aromatic carbocycles. The fourth-order valence-corrected chi connectivity index (χ4v) is 4.16. The van der Waals surface area contributed by atoms with E-state index in [0.29, 0.717) is 22.6 Å². The van der Waals surface area contributed by atoms with Gasteiger partial charge in [-0.2, -0.15) is 18.3 Å². The smallest absolute Gasteiger partial charge is 0.394 e. The third kappa shape index (κ3) is 4.14. The number of pyridine rings is 1. The highest BCUT2D eigenvalue weighted by Gasteiger charge is 2.32. The van der Waals surface area contributed by atoms with E-state index in [1.165, 1.54) is 13.0 Å². The van der Waals surface area contributed by atoms with Crippen LogP contribution >= 0.6 is 0 Å². The van der Waals surface area contributed by atoms with Crippen LogP contribution in [0.25, 0.3) is 10.9 Å². The second kappa shape index (κ2) is 8.30. The fourth-order valence-electron chi connectivity index (χ4n) is 4.16. The van der Waals surface area contributed by atoms with E-state index in [0.717, 1.165) is 36.5 Å². The van der Waals surface area contributed by atoms with Crippen molar-refractivity contribution in [1.29, 1.82) is 0 Å². The van der Waals surface area contributed by atoms with Gasteiger partial charge in [0.2, 0.25) is 0 Å². The van der Waals surface area contributed by atoms with Gasteiger partial charge in [0.25, 0.3) is 0 Å². The number of aliphatic hydroxyl groups is 1. The average molecular weight is 431 g/mol. The zero-order valence-electron chi connectivity index (χ0n) is 17.4. The maximum atomic E-state index is 13.2. The van der Waals surface area contributed by atoms with Crippen molar-refractivity contribution >= 4 is 22.4 Å². The minimum atomic E-state index is -4.39. The number of aromatic nitrogens is 3. The second-order valence-electron chi connectivity index (χ2n) is 7.84. The van der Waals surface area contributed by atoms with E-state index in [4.69, 9.17) is 0 Å². The van der Waals surface area contributed by atoms with Gasteiger partial charge in [0.1, 0.15) is 0 Å². The first-order valence-corrected chi connectivity index (χ1v) is 10.2. The molecule has 3 heterocycles. The van der Waals surface area contributed by atoms with Gasteiger partial charge in [0.05, 0.1) is 41.3 Å². The van der Waals surface area contributed by atoms with Gasteiger partial charge in [0, 0.05) is 18.5 Å². The van der Waals surface area contributed by atoms with Crippen molar-refractivity contribution in [2.75, 3.05) is 23.4 Å². The molecule has 0 amide bonds. The van der Waals surface area contributed by atoms with Gasteiger partial charge in [-0.25, -0.2) is 0 Å². The number of hydrogen-bond donors (Lipinski definition) is 2. The number of fused-ring (bicyclic) bond motifs is 1. The highest BCUT2D eigenvalue weighted by Crippen LogP contribution is 2.34. The number of anilines is 2. The van der Waals surface area contributed by atoms with E-state index < -0.39 is 11.7 Å². The van der Waals surface area contributed by atoms with Gasteiger partial charge in [-0.3, -0.25) is 4.98 Å². The summed E-state index contributed by atoms with van der Waals surface area (Å²) < 4.78 is 39.7. The van der Waals surface area contributed by atoms with Crippen LogP contribution in [0.5, 0.6) is 0 Å². The molecule has 6 nitrogen and oxygen atoms in total. The molecule has 164 valence electrons. The maximum Gasteiger partial charge on any atom is 0.416 e. The minimum Gasteiger partial charge on any atom is -0.394 e. The molecule has 1 aliphatic rings. The molecule has 9 heteroatoms. The largest absolute Gasteiger partial charge is 0.416 e. The normalized spacial score (nSPS) is 16.8. The van der Waals surface area contributed by atoms with Crippen LogP contribution < -0.4 is 10.2 Å². The number of aryl methyl sites for hydroxylation is 1. The zero-order chi connectivity index (χ0) is 22.2. The SMILES string of the molecule is Cc1c(CNc2nnc(C)c3ncc(N4CCCC4CO)cc23)cccc1C(F)(F)F. The number of nitrogens with one attached hydrogen (secondary N) is 1. The summed E-state index contributed by atoms with van der Waals surface area (Å²) >= 11 is 0. The van der Waals surface area contributed by atoms with Crippen molar-refractivity contribution in [3.63, 3.8) is 0 Å². The lowest BCUT2D eigenvalue weighted by Gasteiger charge is -2.25. The lowest BCUT2D eigenvalue weighted by molar-refractivity contribution is -0.138. The monoisotopic (exact) mass is 431 g/mol. The van der Waals surface area contributed by atoms with Crippen LogP contribution in [0, 0.1) is 13.8 Å². The summed E-state index contributed by atoms with van der Waals surface area (Å²) in [5, 5.41) is 21.9. The van der Waals surface area contributed by atoms with E-state index in [1.54, 1.807) is 12.3 Å². The van der Waals surface area contributed by atoms with Crippen LogP contribution in [0.2, 0.25) is 0 Å². The first kappa shape index (κ1) is 21.3. The van der Waals surface area contributed by atoms with Crippen LogP contribution in [0.1, 0.15) is 35.2 Å². The van der Waals surface area contributed by atoms with Crippen molar-refractivity contribution < 1.29 is 18.3 Å². The number of hydrogen-bond acceptors (Lipinski definition) is 6. The summed E-state index contributed by atoms with van der Waals surface area (Å²) in [5.41, 5.74) is 2.32. The third-order valence-electron chi connectivity index (χ3n) is 5.89. The molecular weight excluding hydrogens is 407 g/mol. The molecule has 2 aromatic heterocycles. The highest BCUT2D eigenvalue weighted by atomic mass is 19.4. The average Bonchev–Trinajstić information content (AvgIpc) is 3.22. The van der Waals surface area contributed by atoms with Crippen molar-refractivity contribution in [2.45, 2.75) is 45.5 Å². The third-order valence-corrected chi connectivity index (χ3v) is 5.89. The van der Waals surface area contributed by atoms with E-state index in [1.807, 2.05) is 13.0 Å². The Morgan fingerprint density at radius 2 is 2.03 bits per heavy atom. The van der Waals surface area contributed by atoms with E-state index in [-0.39, 0.29) is 24.8 Å². The van der Waals surface area contributed by atoms with Crippen LogP contribution in [0.15, 0.2) is 30.5 Å². The Kier molecular flexibility index (Phi) is 5.70. The van der Waals surface area contributed by atoms with Crippen LogP contribution in [-0.2, 0) is 12.7 Å². The number of nitrogens with zero attached hydrogens (tertiary/aromatic N) is 4. The first-order valence-electron chi connectivity index (χ1n) is 10.2. The van der Waals surface area contributed by atoms with E-state index in [9.17, 15) is 18.3 Å². The number of benzene rings is 1. The number of alkyl halides is 3. The maximum absolute atomic E-state index is 13.2. The molecule has 4 rings (SSSR count). The first-order chi connectivity index (χ1) is 14.8. The molecule has 2 N–H and O–H groups in total. The topological polar surface area (TPSA) is 74.2 Å². The molecule has 1 aliphatic heterocycles. The summed E-state index contributed by atoms with van der Waals surface area (Å²) in [6, 6.07) is 6.18. The fraction of sp³-hybridized carbons (Fsp3) is 0.409. The number of aliphatic hydroxyl groups excluding tert-OH is 1. The summed E-state index contributed by atoms with van der Waals surface area (Å²) in [7, 11) is 0. The van der Waals surface area contributed by atoms with Crippen molar-refractivity contribution in [1.82, 2.24) is 15.2 Å². The number of rotatable bonds is 5. The van der Waals surface area contributed by atoms with Gasteiger partial charge < -0.3 is 15.3 Å². The van der Waals surface area contributed by atoms with Crippen LogP contribution in [-0.4, -0.2) is 39.5 Å². The molecule has 31 heavy (non-hydrogen) atoms. The second-order valence-corrected chi connectivity index (χ2v) is 7.84. The molecule has 1 atom stereocenters. The van der Waals surface area contributed by atoms with Gasteiger partial charge in [0.15, 0.2) is 5.82 Å². The Morgan fingerprint density at radius 1 is 1.23 bits per heavy atom. The lowest BCUT2D eigenvalue weighted by atomic mass is 10.0.